The maximum atomic E-state index is 12.1. The molecule has 2 aromatic rings. The van der Waals surface area contributed by atoms with Gasteiger partial charge in [0.2, 0.25) is 10.0 Å². The molecule has 134 valence electrons. The molecule has 2 aromatic carbocycles. The maximum Gasteiger partial charge on any atom is 0.573 e. The lowest BCUT2D eigenvalue weighted by Gasteiger charge is -2.10. The SMILES string of the molecule is CS(=O)(=O)Nc1cccc(C(=O)Nc2ccc(OC(F)(F)F)cc2)c1. The third kappa shape index (κ3) is 6.34. The third-order valence-electron chi connectivity index (χ3n) is 2.77. The van der Waals surface area contributed by atoms with Gasteiger partial charge in [-0.25, -0.2) is 8.42 Å². The summed E-state index contributed by atoms with van der Waals surface area (Å²) in [6, 6.07) is 10.4. The van der Waals surface area contributed by atoms with E-state index in [-0.39, 0.29) is 16.9 Å². The number of hydrogen-bond acceptors (Lipinski definition) is 4. The summed E-state index contributed by atoms with van der Waals surface area (Å²) in [6.07, 6.45) is -3.82. The van der Waals surface area contributed by atoms with Crippen LogP contribution in [0.15, 0.2) is 48.5 Å². The van der Waals surface area contributed by atoms with E-state index in [2.05, 4.69) is 14.8 Å². The van der Waals surface area contributed by atoms with Crippen molar-refractivity contribution in [2.45, 2.75) is 6.36 Å². The van der Waals surface area contributed by atoms with E-state index in [9.17, 15) is 26.4 Å². The van der Waals surface area contributed by atoms with Crippen molar-refractivity contribution < 1.29 is 31.1 Å². The van der Waals surface area contributed by atoms with Crippen LogP contribution in [0.25, 0.3) is 0 Å². The molecule has 0 aliphatic heterocycles. The molecule has 0 aliphatic carbocycles. The van der Waals surface area contributed by atoms with Crippen LogP contribution in [0.3, 0.4) is 0 Å². The minimum absolute atomic E-state index is 0.171. The molecular formula is C15H13F3N2O4S. The van der Waals surface area contributed by atoms with Gasteiger partial charge in [0.25, 0.3) is 5.91 Å². The van der Waals surface area contributed by atoms with Gasteiger partial charge in [-0.3, -0.25) is 9.52 Å². The predicted molar refractivity (Wildman–Crippen MR) is 86.0 cm³/mol. The zero-order valence-electron chi connectivity index (χ0n) is 12.8. The Balaban J connectivity index is 2.08. The van der Waals surface area contributed by atoms with Crippen LogP contribution in [0.5, 0.6) is 5.75 Å². The first-order valence-electron chi connectivity index (χ1n) is 6.77. The highest BCUT2D eigenvalue weighted by atomic mass is 32.2. The van der Waals surface area contributed by atoms with Gasteiger partial charge in [0.1, 0.15) is 5.75 Å². The zero-order valence-corrected chi connectivity index (χ0v) is 13.6. The maximum absolute atomic E-state index is 12.1. The van der Waals surface area contributed by atoms with E-state index in [1.807, 2.05) is 0 Å². The lowest BCUT2D eigenvalue weighted by Crippen LogP contribution is -2.17. The van der Waals surface area contributed by atoms with Crippen LogP contribution < -0.4 is 14.8 Å². The largest absolute Gasteiger partial charge is 0.573 e. The Kier molecular flexibility index (Phi) is 5.21. The zero-order chi connectivity index (χ0) is 18.7. The summed E-state index contributed by atoms with van der Waals surface area (Å²) in [5, 5.41) is 2.49. The Morgan fingerprint density at radius 1 is 1.04 bits per heavy atom. The van der Waals surface area contributed by atoms with E-state index < -0.39 is 28.0 Å². The predicted octanol–water partition coefficient (Wildman–Crippen LogP) is 3.21. The summed E-state index contributed by atoms with van der Waals surface area (Å²) < 4.78 is 64.6. The molecule has 2 rings (SSSR count). The Morgan fingerprint density at radius 2 is 1.68 bits per heavy atom. The lowest BCUT2D eigenvalue weighted by molar-refractivity contribution is -0.274. The number of alkyl halides is 3. The molecule has 0 saturated heterocycles. The molecule has 0 atom stereocenters. The minimum Gasteiger partial charge on any atom is -0.406 e. The summed E-state index contributed by atoms with van der Waals surface area (Å²) >= 11 is 0. The molecule has 0 radical (unpaired) electrons. The average molecular weight is 374 g/mol. The van der Waals surface area contributed by atoms with Crippen LogP contribution in [0, 0.1) is 0 Å². The van der Waals surface area contributed by atoms with E-state index in [1.54, 1.807) is 0 Å². The standard InChI is InChI=1S/C15H13F3N2O4S/c1-25(22,23)20-12-4-2-3-10(9-12)14(21)19-11-5-7-13(8-6-11)24-15(16,17)18/h2-9,20H,1H3,(H,19,21). The molecule has 2 N–H and O–H groups in total. The fourth-order valence-electron chi connectivity index (χ4n) is 1.88. The molecule has 25 heavy (non-hydrogen) atoms. The molecule has 0 saturated carbocycles. The molecule has 0 fully saturated rings. The summed E-state index contributed by atoms with van der Waals surface area (Å²) in [7, 11) is -3.49. The van der Waals surface area contributed by atoms with E-state index in [4.69, 9.17) is 0 Å². The number of carbonyl (C=O) groups excluding carboxylic acids is 1. The van der Waals surface area contributed by atoms with E-state index in [0.29, 0.717) is 0 Å². The van der Waals surface area contributed by atoms with E-state index in [0.717, 1.165) is 18.4 Å². The topological polar surface area (TPSA) is 84.5 Å². The van der Waals surface area contributed by atoms with Crippen LogP contribution in [0.2, 0.25) is 0 Å². The second-order valence-electron chi connectivity index (χ2n) is 4.98. The molecular weight excluding hydrogens is 361 g/mol. The van der Waals surface area contributed by atoms with E-state index >= 15 is 0 Å². The van der Waals surface area contributed by atoms with Crippen LogP contribution >= 0.6 is 0 Å². The molecule has 0 bridgehead atoms. The Morgan fingerprint density at radius 3 is 2.24 bits per heavy atom. The highest BCUT2D eigenvalue weighted by Gasteiger charge is 2.30. The van der Waals surface area contributed by atoms with Crippen molar-refractivity contribution in [3.05, 3.63) is 54.1 Å². The number of anilines is 2. The van der Waals surface area contributed by atoms with Gasteiger partial charge in [0.15, 0.2) is 0 Å². The number of sulfonamides is 1. The molecule has 0 heterocycles. The summed E-state index contributed by atoms with van der Waals surface area (Å²) in [5.74, 6) is -0.966. The Labute approximate surface area is 141 Å². The number of amides is 1. The highest BCUT2D eigenvalue weighted by Crippen LogP contribution is 2.24. The van der Waals surface area contributed by atoms with Crippen molar-refractivity contribution in [2.24, 2.45) is 0 Å². The molecule has 0 aliphatic rings. The van der Waals surface area contributed by atoms with Gasteiger partial charge in [-0.1, -0.05) is 6.07 Å². The number of nitrogens with one attached hydrogen (secondary N) is 2. The van der Waals surface area contributed by atoms with Crippen molar-refractivity contribution >= 4 is 27.3 Å². The number of ether oxygens (including phenoxy) is 1. The second-order valence-corrected chi connectivity index (χ2v) is 6.73. The quantitative estimate of drug-likeness (QED) is 0.842. The molecule has 0 spiro atoms. The van der Waals surface area contributed by atoms with Crippen LogP contribution in [-0.2, 0) is 10.0 Å². The minimum atomic E-state index is -4.79. The smallest absolute Gasteiger partial charge is 0.406 e. The molecule has 0 aromatic heterocycles. The number of benzene rings is 2. The first kappa shape index (κ1) is 18.6. The first-order valence-corrected chi connectivity index (χ1v) is 8.66. The van der Waals surface area contributed by atoms with Crippen LogP contribution in [0.1, 0.15) is 10.4 Å². The van der Waals surface area contributed by atoms with Gasteiger partial charge >= 0.3 is 6.36 Å². The highest BCUT2D eigenvalue weighted by molar-refractivity contribution is 7.92. The summed E-state index contributed by atoms with van der Waals surface area (Å²) in [6.45, 7) is 0. The number of carbonyl (C=O) groups is 1. The molecule has 10 heteroatoms. The molecule has 6 nitrogen and oxygen atoms in total. The average Bonchev–Trinajstić information content (AvgIpc) is 2.46. The Hall–Kier alpha value is -2.75. The fourth-order valence-corrected chi connectivity index (χ4v) is 2.44. The van der Waals surface area contributed by atoms with Gasteiger partial charge in [0.05, 0.1) is 6.26 Å². The van der Waals surface area contributed by atoms with Crippen molar-refractivity contribution in [1.82, 2.24) is 0 Å². The number of rotatable bonds is 5. The second kappa shape index (κ2) is 7.01. The first-order chi connectivity index (χ1) is 11.5. The molecule has 1 amide bonds. The monoisotopic (exact) mass is 374 g/mol. The van der Waals surface area contributed by atoms with Crippen molar-refractivity contribution in [3.63, 3.8) is 0 Å². The number of hydrogen-bond donors (Lipinski definition) is 2. The fraction of sp³-hybridized carbons (Fsp3) is 0.133. The lowest BCUT2D eigenvalue weighted by atomic mass is 10.2. The Bertz CT molecular complexity index is 865. The summed E-state index contributed by atoms with van der Waals surface area (Å²) in [5.41, 5.74) is 0.634. The van der Waals surface area contributed by atoms with Gasteiger partial charge in [0, 0.05) is 16.9 Å². The van der Waals surface area contributed by atoms with Crippen molar-refractivity contribution in [2.75, 3.05) is 16.3 Å². The molecule has 0 unspecified atom stereocenters. The van der Waals surface area contributed by atoms with Gasteiger partial charge in [-0.15, -0.1) is 13.2 Å². The van der Waals surface area contributed by atoms with Crippen molar-refractivity contribution in [3.8, 4) is 5.75 Å². The van der Waals surface area contributed by atoms with Crippen LogP contribution in [-0.4, -0.2) is 26.9 Å². The van der Waals surface area contributed by atoms with Gasteiger partial charge in [-0.2, -0.15) is 0 Å². The van der Waals surface area contributed by atoms with Crippen molar-refractivity contribution in [1.29, 1.82) is 0 Å². The normalized spacial score (nSPS) is 11.7. The van der Waals surface area contributed by atoms with Crippen LogP contribution in [0.4, 0.5) is 24.5 Å². The van der Waals surface area contributed by atoms with Gasteiger partial charge < -0.3 is 10.1 Å². The third-order valence-corrected chi connectivity index (χ3v) is 3.38. The van der Waals surface area contributed by atoms with Gasteiger partial charge in [-0.05, 0) is 42.5 Å². The summed E-state index contributed by atoms with van der Waals surface area (Å²) in [4.78, 5) is 12.1. The van der Waals surface area contributed by atoms with E-state index in [1.165, 1.54) is 36.4 Å². The number of halogens is 3.